The van der Waals surface area contributed by atoms with Crippen molar-refractivity contribution in [3.8, 4) is 0 Å². The van der Waals surface area contributed by atoms with Crippen molar-refractivity contribution in [3.63, 3.8) is 0 Å². The Kier molecular flexibility index (Phi) is 7.92. The number of pyridine rings is 1. The lowest BCUT2D eigenvalue weighted by Gasteiger charge is -2.08. The first-order valence-electron chi connectivity index (χ1n) is 5.89. The number of rotatable bonds is 4. The molecule has 0 spiro atoms. The number of hydrogen-bond acceptors (Lipinski definition) is 2. The molecule has 2 nitrogen and oxygen atoms in total. The number of hydrogen-bond donors (Lipinski definition) is 1. The molecule has 0 saturated heterocycles. The minimum Gasteiger partial charge on any atom is -0.328 e. The van der Waals surface area contributed by atoms with E-state index >= 15 is 0 Å². The van der Waals surface area contributed by atoms with E-state index in [1.54, 1.807) is 0 Å². The van der Waals surface area contributed by atoms with E-state index < -0.39 is 0 Å². The molecule has 0 aliphatic rings. The Balaban J connectivity index is 0.000000921. The molecule has 1 heterocycles. The minimum absolute atomic E-state index is 0.341. The minimum atomic E-state index is 0.341. The van der Waals surface area contributed by atoms with Crippen LogP contribution in [0.1, 0.15) is 44.9 Å². The summed E-state index contributed by atoms with van der Waals surface area (Å²) in [7, 11) is 0. The average Bonchev–Trinajstić information content (AvgIpc) is 2.29. The fraction of sp³-hybridized carbons (Fsp3) is 0.615. The van der Waals surface area contributed by atoms with Crippen LogP contribution in [0.2, 0.25) is 0 Å². The van der Waals surface area contributed by atoms with Crippen LogP contribution in [0.25, 0.3) is 0 Å². The first kappa shape index (κ1) is 14.1. The summed E-state index contributed by atoms with van der Waals surface area (Å²) in [6.07, 6.45) is 5.06. The van der Waals surface area contributed by atoms with Crippen molar-refractivity contribution in [3.05, 3.63) is 29.6 Å². The van der Waals surface area contributed by atoms with Crippen molar-refractivity contribution in [2.75, 3.05) is 0 Å². The van der Waals surface area contributed by atoms with E-state index in [1.807, 2.05) is 27.0 Å². The van der Waals surface area contributed by atoms with Gasteiger partial charge in [-0.05, 0) is 43.9 Å². The van der Waals surface area contributed by atoms with Gasteiger partial charge in [0.2, 0.25) is 0 Å². The fourth-order valence-electron chi connectivity index (χ4n) is 1.32. The highest BCUT2D eigenvalue weighted by molar-refractivity contribution is 5.15. The van der Waals surface area contributed by atoms with Gasteiger partial charge in [0.05, 0.1) is 0 Å². The molecule has 0 saturated carbocycles. The third-order valence-corrected chi connectivity index (χ3v) is 2.29. The molecule has 0 fully saturated rings. The van der Waals surface area contributed by atoms with Gasteiger partial charge in [-0.1, -0.05) is 20.8 Å². The normalized spacial score (nSPS) is 11.5. The number of aryl methyl sites for hydroxylation is 2. The number of aromatic nitrogens is 1. The summed E-state index contributed by atoms with van der Waals surface area (Å²) in [4.78, 5) is 4.16. The monoisotopic (exact) mass is 208 g/mol. The molecular formula is C13H24N2. The van der Waals surface area contributed by atoms with Crippen molar-refractivity contribution in [2.45, 2.75) is 53.0 Å². The van der Waals surface area contributed by atoms with Crippen molar-refractivity contribution in [1.29, 1.82) is 0 Å². The van der Waals surface area contributed by atoms with E-state index in [-0.39, 0.29) is 0 Å². The molecule has 0 aliphatic heterocycles. The summed E-state index contributed by atoms with van der Waals surface area (Å²) in [5, 5.41) is 0. The summed E-state index contributed by atoms with van der Waals surface area (Å²) in [5.74, 6) is 0. The Morgan fingerprint density at radius 1 is 1.40 bits per heavy atom. The summed E-state index contributed by atoms with van der Waals surface area (Å²) in [6.45, 7) is 8.14. The van der Waals surface area contributed by atoms with Crippen LogP contribution in [0, 0.1) is 6.92 Å². The van der Waals surface area contributed by atoms with E-state index in [0.29, 0.717) is 6.04 Å². The van der Waals surface area contributed by atoms with Gasteiger partial charge in [0, 0.05) is 17.9 Å². The lowest BCUT2D eigenvalue weighted by molar-refractivity contribution is 0.595. The highest BCUT2D eigenvalue weighted by Crippen LogP contribution is 2.06. The predicted molar refractivity (Wildman–Crippen MR) is 66.9 cm³/mol. The topological polar surface area (TPSA) is 38.9 Å². The molecule has 0 aromatic carbocycles. The molecule has 1 aromatic rings. The van der Waals surface area contributed by atoms with Crippen LogP contribution in [0.5, 0.6) is 0 Å². The molecule has 0 bridgehead atoms. The van der Waals surface area contributed by atoms with E-state index in [9.17, 15) is 0 Å². The van der Waals surface area contributed by atoms with E-state index in [1.165, 1.54) is 5.56 Å². The lowest BCUT2D eigenvalue weighted by atomic mass is 10.0. The molecule has 0 amide bonds. The van der Waals surface area contributed by atoms with Gasteiger partial charge in [-0.3, -0.25) is 4.98 Å². The molecule has 1 aromatic heterocycles. The van der Waals surface area contributed by atoms with E-state index in [4.69, 9.17) is 5.73 Å². The third-order valence-electron chi connectivity index (χ3n) is 2.29. The second kappa shape index (κ2) is 8.42. The van der Waals surface area contributed by atoms with Crippen molar-refractivity contribution in [2.24, 2.45) is 5.73 Å². The van der Waals surface area contributed by atoms with Crippen molar-refractivity contribution < 1.29 is 0 Å². The van der Waals surface area contributed by atoms with Gasteiger partial charge < -0.3 is 5.73 Å². The summed E-state index contributed by atoms with van der Waals surface area (Å²) in [5.41, 5.74) is 8.27. The van der Waals surface area contributed by atoms with Crippen LogP contribution < -0.4 is 5.73 Å². The average molecular weight is 208 g/mol. The first-order valence-corrected chi connectivity index (χ1v) is 5.89. The second-order valence-electron chi connectivity index (χ2n) is 3.51. The molecule has 0 aliphatic carbocycles. The molecule has 1 unspecified atom stereocenters. The van der Waals surface area contributed by atoms with Crippen molar-refractivity contribution >= 4 is 0 Å². The number of nitrogens with zero attached hydrogens (tertiary/aromatic N) is 1. The third kappa shape index (κ3) is 6.24. The second-order valence-corrected chi connectivity index (χ2v) is 3.51. The zero-order valence-corrected chi connectivity index (χ0v) is 10.5. The Morgan fingerprint density at radius 3 is 2.60 bits per heavy atom. The van der Waals surface area contributed by atoms with Gasteiger partial charge in [0.1, 0.15) is 0 Å². The van der Waals surface area contributed by atoms with Gasteiger partial charge in [-0.15, -0.1) is 0 Å². The smallest absolute Gasteiger partial charge is 0.0375 e. The first-order chi connectivity index (χ1) is 7.22. The number of nitrogens with two attached hydrogens (primary N) is 1. The highest BCUT2D eigenvalue weighted by atomic mass is 14.6. The molecule has 1 rings (SSSR count). The van der Waals surface area contributed by atoms with Crippen LogP contribution in [0.4, 0.5) is 0 Å². The van der Waals surface area contributed by atoms with Crippen molar-refractivity contribution in [1.82, 2.24) is 4.98 Å². The Morgan fingerprint density at radius 2 is 2.07 bits per heavy atom. The molecule has 86 valence electrons. The molecule has 2 N–H and O–H groups in total. The Hall–Kier alpha value is -0.890. The van der Waals surface area contributed by atoms with Gasteiger partial charge in [0.15, 0.2) is 0 Å². The maximum absolute atomic E-state index is 5.84. The molecule has 1 atom stereocenters. The largest absolute Gasteiger partial charge is 0.328 e. The fourth-order valence-corrected chi connectivity index (χ4v) is 1.32. The van der Waals surface area contributed by atoms with Crippen LogP contribution in [-0.2, 0) is 6.42 Å². The standard InChI is InChI=1S/C11H18N2.C2H6/c1-3-11(12)5-4-10-6-7-13-9(2)8-10;1-2/h6-8,11H,3-5,12H2,1-2H3;1-2H3. The molecular weight excluding hydrogens is 184 g/mol. The predicted octanol–water partition coefficient (Wildman–Crippen LogP) is 3.09. The Bertz CT molecular complexity index is 258. The van der Waals surface area contributed by atoms with Gasteiger partial charge in [-0.2, -0.15) is 0 Å². The summed E-state index contributed by atoms with van der Waals surface area (Å²) >= 11 is 0. The van der Waals surface area contributed by atoms with Crippen LogP contribution in [0.15, 0.2) is 18.3 Å². The van der Waals surface area contributed by atoms with E-state index in [2.05, 4.69) is 24.0 Å². The Labute approximate surface area is 93.9 Å². The van der Waals surface area contributed by atoms with Crippen LogP contribution in [-0.4, -0.2) is 11.0 Å². The quantitative estimate of drug-likeness (QED) is 0.826. The summed E-state index contributed by atoms with van der Waals surface area (Å²) in [6, 6.07) is 4.53. The van der Waals surface area contributed by atoms with Gasteiger partial charge in [-0.25, -0.2) is 0 Å². The van der Waals surface area contributed by atoms with Crippen LogP contribution in [0.3, 0.4) is 0 Å². The highest BCUT2D eigenvalue weighted by Gasteiger charge is 2.00. The van der Waals surface area contributed by atoms with Gasteiger partial charge in [0.25, 0.3) is 0 Å². The lowest BCUT2D eigenvalue weighted by Crippen LogP contribution is -2.19. The zero-order valence-electron chi connectivity index (χ0n) is 10.5. The van der Waals surface area contributed by atoms with Crippen LogP contribution >= 0.6 is 0 Å². The molecule has 15 heavy (non-hydrogen) atoms. The molecule has 2 heteroatoms. The SMILES string of the molecule is CC.CCC(N)CCc1ccnc(C)c1. The molecule has 0 radical (unpaired) electrons. The maximum Gasteiger partial charge on any atom is 0.0375 e. The zero-order chi connectivity index (χ0) is 11.7. The summed E-state index contributed by atoms with van der Waals surface area (Å²) < 4.78 is 0. The van der Waals surface area contributed by atoms with E-state index in [0.717, 1.165) is 25.0 Å². The maximum atomic E-state index is 5.84. The van der Waals surface area contributed by atoms with Gasteiger partial charge >= 0.3 is 0 Å².